The summed E-state index contributed by atoms with van der Waals surface area (Å²) in [5.74, 6) is -0.336. The highest BCUT2D eigenvalue weighted by atomic mass is 19.1. The number of nitrogens with zero attached hydrogens (tertiary/aromatic N) is 2. The van der Waals surface area contributed by atoms with Gasteiger partial charge in [0.15, 0.2) is 0 Å². The molecule has 0 spiro atoms. The Morgan fingerprint density at radius 2 is 1.92 bits per heavy atom. The van der Waals surface area contributed by atoms with Crippen LogP contribution in [-0.2, 0) is 11.2 Å². The van der Waals surface area contributed by atoms with Crippen molar-refractivity contribution in [3.63, 3.8) is 0 Å². The molecule has 138 valence electrons. The third-order valence-electron chi connectivity index (χ3n) is 4.48. The highest BCUT2D eigenvalue weighted by Crippen LogP contribution is 2.23. The van der Waals surface area contributed by atoms with Crippen LogP contribution in [0.3, 0.4) is 0 Å². The topological polar surface area (TPSA) is 44.8 Å². The van der Waals surface area contributed by atoms with Gasteiger partial charge in [-0.25, -0.2) is 9.18 Å². The lowest BCUT2D eigenvalue weighted by Crippen LogP contribution is -2.36. The second kappa shape index (κ2) is 8.67. The van der Waals surface area contributed by atoms with Crippen molar-refractivity contribution in [2.45, 2.75) is 6.42 Å². The first kappa shape index (κ1) is 18.2. The lowest BCUT2D eigenvalue weighted by Gasteiger charge is -2.29. The molecule has 0 aromatic heterocycles. The van der Waals surface area contributed by atoms with Gasteiger partial charge >= 0.3 is 6.03 Å². The summed E-state index contributed by atoms with van der Waals surface area (Å²) in [5, 5.41) is 2.75. The number of carbonyl (C=O) groups is 1. The molecule has 2 aromatic carbocycles. The first-order chi connectivity index (χ1) is 12.6. The van der Waals surface area contributed by atoms with E-state index in [2.05, 4.69) is 5.32 Å². The molecule has 6 heteroatoms. The normalized spacial score (nSPS) is 14.2. The van der Waals surface area contributed by atoms with Crippen molar-refractivity contribution < 1.29 is 13.9 Å². The van der Waals surface area contributed by atoms with Crippen LogP contribution in [0.2, 0.25) is 0 Å². The summed E-state index contributed by atoms with van der Waals surface area (Å²) in [6.45, 7) is 3.13. The van der Waals surface area contributed by atoms with Gasteiger partial charge in [0.05, 0.1) is 18.9 Å². The fourth-order valence-corrected chi connectivity index (χ4v) is 2.91. The average molecular weight is 357 g/mol. The minimum absolute atomic E-state index is 0.251. The number of benzene rings is 2. The molecule has 1 heterocycles. The molecule has 2 aromatic rings. The van der Waals surface area contributed by atoms with Crippen molar-refractivity contribution >= 4 is 17.4 Å². The monoisotopic (exact) mass is 357 g/mol. The largest absolute Gasteiger partial charge is 0.378 e. The number of rotatable bonds is 5. The molecule has 26 heavy (non-hydrogen) atoms. The zero-order chi connectivity index (χ0) is 18.4. The van der Waals surface area contributed by atoms with E-state index in [4.69, 9.17) is 4.74 Å². The van der Waals surface area contributed by atoms with E-state index in [9.17, 15) is 9.18 Å². The average Bonchev–Trinajstić information content (AvgIpc) is 2.67. The second-order valence-corrected chi connectivity index (χ2v) is 6.35. The van der Waals surface area contributed by atoms with Gasteiger partial charge in [-0.1, -0.05) is 30.3 Å². The predicted molar refractivity (Wildman–Crippen MR) is 101 cm³/mol. The van der Waals surface area contributed by atoms with Crippen LogP contribution in [0.1, 0.15) is 5.56 Å². The summed E-state index contributed by atoms with van der Waals surface area (Å²) in [4.78, 5) is 15.8. The van der Waals surface area contributed by atoms with Crippen LogP contribution in [-0.4, -0.2) is 50.8 Å². The maximum atomic E-state index is 14.4. The fraction of sp³-hybridized carbons (Fsp3) is 0.350. The highest BCUT2D eigenvalue weighted by molar-refractivity contribution is 5.89. The minimum atomic E-state index is -0.336. The number of anilines is 2. The summed E-state index contributed by atoms with van der Waals surface area (Å²) in [7, 11) is 1.73. The lowest BCUT2D eigenvalue weighted by molar-refractivity contribution is 0.122. The molecular formula is C20H24FN3O2. The van der Waals surface area contributed by atoms with Gasteiger partial charge in [0.1, 0.15) is 5.82 Å². The Morgan fingerprint density at radius 1 is 1.19 bits per heavy atom. The Labute approximate surface area is 153 Å². The second-order valence-electron chi connectivity index (χ2n) is 6.35. The summed E-state index contributed by atoms with van der Waals surface area (Å²) >= 11 is 0. The van der Waals surface area contributed by atoms with Crippen molar-refractivity contribution in [1.29, 1.82) is 0 Å². The van der Waals surface area contributed by atoms with Crippen molar-refractivity contribution in [3.8, 4) is 0 Å². The van der Waals surface area contributed by atoms with Crippen molar-refractivity contribution in [3.05, 3.63) is 59.9 Å². The van der Waals surface area contributed by atoms with Gasteiger partial charge in [-0.05, 0) is 30.2 Å². The number of hydrogen-bond acceptors (Lipinski definition) is 3. The quantitative estimate of drug-likeness (QED) is 0.892. The Bertz CT molecular complexity index is 733. The molecule has 1 aliphatic rings. The van der Waals surface area contributed by atoms with Crippen LogP contribution in [0.4, 0.5) is 20.6 Å². The molecule has 1 saturated heterocycles. The molecule has 3 rings (SSSR count). The summed E-state index contributed by atoms with van der Waals surface area (Å²) in [5.41, 5.74) is 2.17. The standard InChI is InChI=1S/C20H24FN3O2/c1-23(10-9-16-5-3-2-4-6-16)20(25)22-17-7-8-19(18(21)15-17)24-11-13-26-14-12-24/h2-8,15H,9-14H2,1H3,(H,22,25). The fourth-order valence-electron chi connectivity index (χ4n) is 2.91. The first-order valence-corrected chi connectivity index (χ1v) is 8.82. The van der Waals surface area contributed by atoms with Crippen molar-refractivity contribution in [1.82, 2.24) is 4.90 Å². The van der Waals surface area contributed by atoms with Crippen LogP contribution < -0.4 is 10.2 Å². The minimum Gasteiger partial charge on any atom is -0.378 e. The third kappa shape index (κ3) is 4.73. The summed E-state index contributed by atoms with van der Waals surface area (Å²) in [6.07, 6.45) is 0.773. The van der Waals surface area contributed by atoms with Crippen molar-refractivity contribution in [2.75, 3.05) is 50.1 Å². The number of halogens is 1. The molecular weight excluding hydrogens is 333 g/mol. The van der Waals surface area contributed by atoms with E-state index < -0.39 is 0 Å². The molecule has 0 radical (unpaired) electrons. The Hall–Kier alpha value is -2.60. The van der Waals surface area contributed by atoms with E-state index >= 15 is 0 Å². The molecule has 0 unspecified atom stereocenters. The number of ether oxygens (including phenoxy) is 1. The van der Waals surface area contributed by atoms with E-state index in [-0.39, 0.29) is 11.8 Å². The van der Waals surface area contributed by atoms with Crippen molar-refractivity contribution in [2.24, 2.45) is 0 Å². The smallest absolute Gasteiger partial charge is 0.321 e. The van der Waals surface area contributed by atoms with E-state index in [0.717, 1.165) is 6.42 Å². The van der Waals surface area contributed by atoms with Crippen LogP contribution in [0, 0.1) is 5.82 Å². The van der Waals surface area contributed by atoms with Gasteiger partial charge in [-0.3, -0.25) is 0 Å². The Morgan fingerprint density at radius 3 is 2.62 bits per heavy atom. The maximum Gasteiger partial charge on any atom is 0.321 e. The molecule has 5 nitrogen and oxygen atoms in total. The van der Waals surface area contributed by atoms with E-state index in [1.54, 1.807) is 24.1 Å². The molecule has 0 atom stereocenters. The molecule has 1 fully saturated rings. The van der Waals surface area contributed by atoms with Crippen LogP contribution in [0.15, 0.2) is 48.5 Å². The number of nitrogens with one attached hydrogen (secondary N) is 1. The number of morpholine rings is 1. The van der Waals surface area contributed by atoms with Crippen LogP contribution in [0.5, 0.6) is 0 Å². The Kier molecular flexibility index (Phi) is 6.07. The number of likely N-dealkylation sites (N-methyl/N-ethyl adjacent to an activating group) is 1. The van der Waals surface area contributed by atoms with Gasteiger partial charge in [-0.15, -0.1) is 0 Å². The van der Waals surface area contributed by atoms with E-state index in [1.807, 2.05) is 35.2 Å². The van der Waals surface area contributed by atoms with Gasteiger partial charge in [0, 0.05) is 32.4 Å². The van der Waals surface area contributed by atoms with E-state index in [1.165, 1.54) is 11.6 Å². The number of hydrogen-bond donors (Lipinski definition) is 1. The van der Waals surface area contributed by atoms with Gasteiger partial charge in [0.2, 0.25) is 0 Å². The number of amides is 2. The zero-order valence-electron chi connectivity index (χ0n) is 15.0. The molecule has 0 aliphatic carbocycles. The van der Waals surface area contributed by atoms with Gasteiger partial charge in [0.25, 0.3) is 0 Å². The zero-order valence-corrected chi connectivity index (χ0v) is 15.0. The lowest BCUT2D eigenvalue weighted by atomic mass is 10.1. The molecule has 0 saturated carbocycles. The van der Waals surface area contributed by atoms with Crippen LogP contribution in [0.25, 0.3) is 0 Å². The maximum absolute atomic E-state index is 14.4. The predicted octanol–water partition coefficient (Wildman–Crippen LogP) is 3.37. The molecule has 0 bridgehead atoms. The number of carbonyl (C=O) groups excluding carboxylic acids is 1. The molecule has 1 aliphatic heterocycles. The van der Waals surface area contributed by atoms with Crippen LogP contribution >= 0.6 is 0 Å². The van der Waals surface area contributed by atoms with Gasteiger partial charge < -0.3 is 19.9 Å². The third-order valence-corrected chi connectivity index (χ3v) is 4.48. The van der Waals surface area contributed by atoms with Gasteiger partial charge in [-0.2, -0.15) is 0 Å². The molecule has 1 N–H and O–H groups in total. The summed E-state index contributed by atoms with van der Waals surface area (Å²) < 4.78 is 19.7. The van der Waals surface area contributed by atoms with E-state index in [0.29, 0.717) is 44.2 Å². The first-order valence-electron chi connectivity index (χ1n) is 8.82. The highest BCUT2D eigenvalue weighted by Gasteiger charge is 2.16. The summed E-state index contributed by atoms with van der Waals surface area (Å²) in [6, 6.07) is 14.6. The molecule has 2 amide bonds. The SMILES string of the molecule is CN(CCc1ccccc1)C(=O)Nc1ccc(N2CCOCC2)c(F)c1. The number of urea groups is 1. The Balaban J connectivity index is 1.55.